The Balaban J connectivity index is 2.46. The molecule has 0 amide bonds. The van der Waals surface area contributed by atoms with Gasteiger partial charge in [-0.1, -0.05) is 11.3 Å². The maximum absolute atomic E-state index is 13.3. The molecule has 0 aliphatic rings. The highest BCUT2D eigenvalue weighted by Crippen LogP contribution is 2.29. The maximum Gasteiger partial charge on any atom is 0.273 e. The molecule has 18 heavy (non-hydrogen) atoms. The van der Waals surface area contributed by atoms with E-state index in [1.54, 1.807) is 6.92 Å². The smallest absolute Gasteiger partial charge is 0.273 e. The third-order valence-corrected chi connectivity index (χ3v) is 3.34. The zero-order valence-electron chi connectivity index (χ0n) is 9.33. The molecule has 0 fully saturated rings. The molecule has 6 nitrogen and oxygen atoms in total. The summed E-state index contributed by atoms with van der Waals surface area (Å²) >= 11 is 1.19. The first-order valence-electron chi connectivity index (χ1n) is 5.01. The molecule has 2 N–H and O–H groups in total. The summed E-state index contributed by atoms with van der Waals surface area (Å²) in [4.78, 5) is 9.98. The summed E-state index contributed by atoms with van der Waals surface area (Å²) in [5.74, 6) is -0.684. The van der Waals surface area contributed by atoms with Gasteiger partial charge in [0.15, 0.2) is 0 Å². The SMILES string of the molecule is CC(N)c1nnc(-c2cc(F)cc([N+](=O)[O-])c2)s1. The quantitative estimate of drug-likeness (QED) is 0.680. The Kier molecular flexibility index (Phi) is 3.30. The molecule has 1 aromatic heterocycles. The average molecular weight is 268 g/mol. The lowest BCUT2D eigenvalue weighted by molar-refractivity contribution is -0.385. The minimum Gasteiger partial charge on any atom is -0.322 e. The molecule has 1 heterocycles. The third kappa shape index (κ3) is 2.49. The van der Waals surface area contributed by atoms with Crippen LogP contribution in [0, 0.1) is 15.9 Å². The Bertz CT molecular complexity index is 599. The van der Waals surface area contributed by atoms with Crippen LogP contribution in [0.25, 0.3) is 10.6 Å². The first-order chi connectivity index (χ1) is 8.47. The van der Waals surface area contributed by atoms with E-state index < -0.39 is 10.7 Å². The van der Waals surface area contributed by atoms with E-state index in [0.717, 1.165) is 6.07 Å². The molecule has 0 spiro atoms. The zero-order valence-corrected chi connectivity index (χ0v) is 10.1. The minimum atomic E-state index is -0.684. The van der Waals surface area contributed by atoms with Crippen LogP contribution in [0.2, 0.25) is 0 Å². The van der Waals surface area contributed by atoms with Gasteiger partial charge in [0.2, 0.25) is 0 Å². The molecule has 1 unspecified atom stereocenters. The Hall–Kier alpha value is -1.93. The molecular formula is C10H9FN4O2S. The molecule has 0 aliphatic heterocycles. The van der Waals surface area contributed by atoms with Gasteiger partial charge >= 0.3 is 0 Å². The predicted octanol–water partition coefficient (Wildman–Crippen LogP) is 2.27. The van der Waals surface area contributed by atoms with Crippen molar-refractivity contribution in [1.29, 1.82) is 0 Å². The molecule has 1 aromatic carbocycles. The first kappa shape index (κ1) is 12.5. The van der Waals surface area contributed by atoms with Crippen molar-refractivity contribution >= 4 is 17.0 Å². The standard InChI is InChI=1S/C10H9FN4O2S/c1-5(12)9-13-14-10(18-9)6-2-7(11)4-8(3-6)15(16)17/h2-5H,12H2,1H3. The fourth-order valence-corrected chi connectivity index (χ4v) is 2.12. The Morgan fingerprint density at radius 1 is 1.44 bits per heavy atom. The fraction of sp³-hybridized carbons (Fsp3) is 0.200. The van der Waals surface area contributed by atoms with E-state index in [1.807, 2.05) is 0 Å². The summed E-state index contributed by atoms with van der Waals surface area (Å²) < 4.78 is 13.3. The number of hydrogen-bond acceptors (Lipinski definition) is 6. The number of non-ortho nitro benzene ring substituents is 1. The third-order valence-electron chi connectivity index (χ3n) is 2.17. The largest absolute Gasteiger partial charge is 0.322 e. The minimum absolute atomic E-state index is 0.278. The summed E-state index contributed by atoms with van der Waals surface area (Å²) in [6.07, 6.45) is 0. The van der Waals surface area contributed by atoms with Gasteiger partial charge in [0.1, 0.15) is 15.8 Å². The van der Waals surface area contributed by atoms with E-state index in [1.165, 1.54) is 23.5 Å². The van der Waals surface area contributed by atoms with Crippen LogP contribution < -0.4 is 5.73 Å². The molecule has 94 valence electrons. The van der Waals surface area contributed by atoms with E-state index in [2.05, 4.69) is 10.2 Å². The van der Waals surface area contributed by atoms with Gasteiger partial charge in [-0.05, 0) is 13.0 Å². The lowest BCUT2D eigenvalue weighted by Gasteiger charge is -1.97. The zero-order chi connectivity index (χ0) is 13.3. The van der Waals surface area contributed by atoms with Gasteiger partial charge in [0.05, 0.1) is 17.0 Å². The van der Waals surface area contributed by atoms with Crippen LogP contribution in [0.15, 0.2) is 18.2 Å². The van der Waals surface area contributed by atoms with Crippen LogP contribution in [0.4, 0.5) is 10.1 Å². The molecule has 0 bridgehead atoms. The molecule has 0 radical (unpaired) electrons. The van der Waals surface area contributed by atoms with Crippen molar-refractivity contribution in [2.45, 2.75) is 13.0 Å². The van der Waals surface area contributed by atoms with E-state index >= 15 is 0 Å². The summed E-state index contributed by atoms with van der Waals surface area (Å²) in [6, 6.07) is 3.02. The number of nitrogens with two attached hydrogens (primary N) is 1. The summed E-state index contributed by atoms with van der Waals surface area (Å²) in [6.45, 7) is 1.75. The first-order valence-corrected chi connectivity index (χ1v) is 5.83. The van der Waals surface area contributed by atoms with Crippen molar-refractivity contribution in [2.75, 3.05) is 0 Å². The van der Waals surface area contributed by atoms with Crippen molar-refractivity contribution in [2.24, 2.45) is 5.73 Å². The molecule has 0 saturated heterocycles. The van der Waals surface area contributed by atoms with Crippen molar-refractivity contribution in [3.8, 4) is 10.6 Å². The number of benzene rings is 1. The van der Waals surface area contributed by atoms with Crippen LogP contribution >= 0.6 is 11.3 Å². The number of aromatic nitrogens is 2. The number of rotatable bonds is 3. The van der Waals surface area contributed by atoms with Gasteiger partial charge in [0.25, 0.3) is 5.69 Å². The molecule has 1 atom stereocenters. The highest BCUT2D eigenvalue weighted by molar-refractivity contribution is 7.14. The summed E-state index contributed by atoms with van der Waals surface area (Å²) in [7, 11) is 0. The van der Waals surface area contributed by atoms with Crippen LogP contribution in [-0.4, -0.2) is 15.1 Å². The van der Waals surface area contributed by atoms with Gasteiger partial charge in [-0.15, -0.1) is 10.2 Å². The van der Waals surface area contributed by atoms with Gasteiger partial charge in [-0.3, -0.25) is 10.1 Å². The predicted molar refractivity (Wildman–Crippen MR) is 64.6 cm³/mol. The van der Waals surface area contributed by atoms with Crippen molar-refractivity contribution in [3.05, 3.63) is 39.1 Å². The van der Waals surface area contributed by atoms with Crippen molar-refractivity contribution in [3.63, 3.8) is 0 Å². The second kappa shape index (κ2) is 4.75. The van der Waals surface area contributed by atoms with Crippen molar-refractivity contribution in [1.82, 2.24) is 10.2 Å². The lowest BCUT2D eigenvalue weighted by Crippen LogP contribution is -2.03. The van der Waals surface area contributed by atoms with Crippen LogP contribution in [0.1, 0.15) is 18.0 Å². The number of nitro groups is 1. The van der Waals surface area contributed by atoms with E-state index in [-0.39, 0.29) is 11.7 Å². The van der Waals surface area contributed by atoms with Gasteiger partial charge < -0.3 is 5.73 Å². The monoisotopic (exact) mass is 268 g/mol. The van der Waals surface area contributed by atoms with Crippen LogP contribution in [0.5, 0.6) is 0 Å². The Labute approximate surface area is 105 Å². The van der Waals surface area contributed by atoms with Crippen LogP contribution in [0.3, 0.4) is 0 Å². The van der Waals surface area contributed by atoms with E-state index in [0.29, 0.717) is 15.6 Å². The van der Waals surface area contributed by atoms with Crippen molar-refractivity contribution < 1.29 is 9.31 Å². The van der Waals surface area contributed by atoms with Gasteiger partial charge in [-0.25, -0.2) is 4.39 Å². The molecular weight excluding hydrogens is 259 g/mol. The summed E-state index contributed by atoms with van der Waals surface area (Å²) in [5, 5.41) is 19.3. The number of nitro benzene ring substituents is 1. The Morgan fingerprint density at radius 2 is 2.17 bits per heavy atom. The maximum atomic E-state index is 13.3. The molecule has 2 rings (SSSR count). The van der Waals surface area contributed by atoms with Gasteiger partial charge in [0, 0.05) is 11.6 Å². The van der Waals surface area contributed by atoms with Gasteiger partial charge in [-0.2, -0.15) is 0 Å². The molecule has 2 aromatic rings. The number of nitrogens with zero attached hydrogens (tertiary/aromatic N) is 3. The molecule has 8 heteroatoms. The highest BCUT2D eigenvalue weighted by atomic mass is 32.1. The number of hydrogen-bond donors (Lipinski definition) is 1. The second-order valence-corrected chi connectivity index (χ2v) is 4.70. The molecule has 0 aliphatic carbocycles. The highest BCUT2D eigenvalue weighted by Gasteiger charge is 2.15. The average Bonchev–Trinajstić information content (AvgIpc) is 2.77. The fourth-order valence-electron chi connectivity index (χ4n) is 1.34. The van der Waals surface area contributed by atoms with E-state index in [9.17, 15) is 14.5 Å². The molecule has 0 saturated carbocycles. The Morgan fingerprint density at radius 3 is 2.72 bits per heavy atom. The topological polar surface area (TPSA) is 94.9 Å². The summed E-state index contributed by atoms with van der Waals surface area (Å²) in [5.41, 5.74) is 5.65. The lowest BCUT2D eigenvalue weighted by atomic mass is 10.2. The van der Waals surface area contributed by atoms with E-state index in [4.69, 9.17) is 5.73 Å². The normalized spacial score (nSPS) is 12.4. The van der Waals surface area contributed by atoms with Crippen LogP contribution in [-0.2, 0) is 0 Å². The number of halogens is 1. The second-order valence-electron chi connectivity index (χ2n) is 3.69.